The van der Waals surface area contributed by atoms with Crippen molar-refractivity contribution >= 4 is 15.9 Å². The van der Waals surface area contributed by atoms with Crippen LogP contribution in [0.2, 0.25) is 0 Å². The second-order valence-electron chi connectivity index (χ2n) is 4.47. The van der Waals surface area contributed by atoms with Gasteiger partial charge >= 0.3 is 0 Å². The molecule has 1 atom stereocenters. The molecule has 2 rings (SSSR count). The fourth-order valence-electron chi connectivity index (χ4n) is 1.92. The smallest absolute Gasteiger partial charge is 0.119 e. The Hall–Kier alpha value is -1.39. The topological polar surface area (TPSA) is 42.4 Å². The number of aryl methyl sites for hydroxylation is 1. The van der Waals surface area contributed by atoms with Crippen LogP contribution in [0.3, 0.4) is 0 Å². The summed E-state index contributed by atoms with van der Waals surface area (Å²) < 4.78 is 6.17. The van der Waals surface area contributed by atoms with Crippen LogP contribution in [0.25, 0.3) is 0 Å². The number of rotatable bonds is 4. The van der Waals surface area contributed by atoms with E-state index in [1.54, 1.807) is 19.5 Å². The number of pyridine rings is 1. The van der Waals surface area contributed by atoms with Gasteiger partial charge in [-0.15, -0.1) is 0 Å². The highest BCUT2D eigenvalue weighted by Gasteiger charge is 2.12. The van der Waals surface area contributed by atoms with Gasteiger partial charge in [0.05, 0.1) is 13.2 Å². The Morgan fingerprint density at radius 3 is 2.79 bits per heavy atom. The van der Waals surface area contributed by atoms with Gasteiger partial charge in [0.1, 0.15) is 5.75 Å². The first-order valence-electron chi connectivity index (χ1n) is 6.02. The van der Waals surface area contributed by atoms with Crippen LogP contribution < -0.4 is 4.74 Å². The first-order chi connectivity index (χ1) is 9.10. The average molecular weight is 322 g/mol. The molecule has 1 aromatic heterocycles. The summed E-state index contributed by atoms with van der Waals surface area (Å²) in [5, 5.41) is 10.3. The summed E-state index contributed by atoms with van der Waals surface area (Å²) in [4.78, 5) is 4.11. The fraction of sp³-hybridized carbons (Fsp3) is 0.267. The van der Waals surface area contributed by atoms with E-state index in [4.69, 9.17) is 4.74 Å². The predicted octanol–water partition coefficient (Wildman–Crippen LogP) is 3.44. The molecule has 0 amide bonds. The second kappa shape index (κ2) is 6.17. The van der Waals surface area contributed by atoms with Crippen molar-refractivity contribution in [2.45, 2.75) is 19.4 Å². The molecule has 1 unspecified atom stereocenters. The second-order valence-corrected chi connectivity index (χ2v) is 5.33. The zero-order chi connectivity index (χ0) is 13.8. The lowest BCUT2D eigenvalue weighted by atomic mass is 10.0. The normalized spacial score (nSPS) is 12.2. The Bertz CT molecular complexity index is 572. The summed E-state index contributed by atoms with van der Waals surface area (Å²) in [5.41, 5.74) is 2.88. The average Bonchev–Trinajstić information content (AvgIpc) is 2.41. The molecule has 2 aromatic rings. The maximum absolute atomic E-state index is 10.3. The highest BCUT2D eigenvalue weighted by atomic mass is 79.9. The molecule has 100 valence electrons. The van der Waals surface area contributed by atoms with Gasteiger partial charge in [-0.1, -0.05) is 22.0 Å². The molecule has 0 radical (unpaired) electrons. The molecule has 0 saturated heterocycles. The molecular weight excluding hydrogens is 306 g/mol. The van der Waals surface area contributed by atoms with Crippen molar-refractivity contribution in [2.75, 3.05) is 7.11 Å². The minimum absolute atomic E-state index is 0.517. The number of ether oxygens (including phenoxy) is 1. The van der Waals surface area contributed by atoms with Crippen LogP contribution in [0.1, 0.15) is 22.8 Å². The highest BCUT2D eigenvalue weighted by Crippen LogP contribution is 2.27. The molecule has 0 fully saturated rings. The molecule has 0 aliphatic heterocycles. The number of aliphatic hydroxyl groups is 1. The van der Waals surface area contributed by atoms with Gasteiger partial charge in [0.25, 0.3) is 0 Å². The molecular formula is C15H16BrNO2. The number of hydrogen-bond donors (Lipinski definition) is 1. The summed E-state index contributed by atoms with van der Waals surface area (Å²) in [7, 11) is 1.63. The van der Waals surface area contributed by atoms with Gasteiger partial charge in [-0.3, -0.25) is 4.98 Å². The van der Waals surface area contributed by atoms with Crippen LogP contribution in [0, 0.1) is 6.92 Å². The van der Waals surface area contributed by atoms with E-state index < -0.39 is 6.10 Å². The molecule has 0 spiro atoms. The lowest BCUT2D eigenvalue weighted by Gasteiger charge is -2.13. The van der Waals surface area contributed by atoms with Crippen LogP contribution in [0.15, 0.2) is 41.1 Å². The molecule has 1 N–H and O–H groups in total. The van der Waals surface area contributed by atoms with Crippen molar-refractivity contribution in [3.63, 3.8) is 0 Å². The number of benzene rings is 1. The SMILES string of the molecule is COc1ccc(Br)c(CC(O)c2cncc(C)c2)c1. The van der Waals surface area contributed by atoms with Crippen molar-refractivity contribution < 1.29 is 9.84 Å². The minimum atomic E-state index is -0.573. The summed E-state index contributed by atoms with van der Waals surface area (Å²) >= 11 is 3.49. The van der Waals surface area contributed by atoms with E-state index in [1.165, 1.54) is 0 Å². The van der Waals surface area contributed by atoms with Crippen LogP contribution >= 0.6 is 15.9 Å². The summed E-state index contributed by atoms with van der Waals surface area (Å²) in [5.74, 6) is 0.785. The van der Waals surface area contributed by atoms with Crippen LogP contribution in [0.4, 0.5) is 0 Å². The van der Waals surface area contributed by atoms with Gasteiger partial charge in [-0.25, -0.2) is 0 Å². The predicted molar refractivity (Wildman–Crippen MR) is 78.3 cm³/mol. The van der Waals surface area contributed by atoms with Crippen molar-refractivity contribution in [2.24, 2.45) is 0 Å². The molecule has 19 heavy (non-hydrogen) atoms. The van der Waals surface area contributed by atoms with E-state index in [0.717, 1.165) is 26.9 Å². The Balaban J connectivity index is 2.21. The van der Waals surface area contributed by atoms with E-state index in [9.17, 15) is 5.11 Å². The first kappa shape index (κ1) is 14.0. The lowest BCUT2D eigenvalue weighted by molar-refractivity contribution is 0.177. The van der Waals surface area contributed by atoms with Gasteiger partial charge < -0.3 is 9.84 Å². The van der Waals surface area contributed by atoms with Crippen LogP contribution in [-0.2, 0) is 6.42 Å². The molecule has 3 nitrogen and oxygen atoms in total. The zero-order valence-electron chi connectivity index (χ0n) is 10.9. The van der Waals surface area contributed by atoms with E-state index >= 15 is 0 Å². The van der Waals surface area contributed by atoms with Crippen molar-refractivity contribution in [3.8, 4) is 5.75 Å². The van der Waals surface area contributed by atoms with Gasteiger partial charge in [0.2, 0.25) is 0 Å². The summed E-state index contributed by atoms with van der Waals surface area (Å²) in [6.07, 6.45) is 3.42. The number of aliphatic hydroxyl groups excluding tert-OH is 1. The Kier molecular flexibility index (Phi) is 4.56. The zero-order valence-corrected chi connectivity index (χ0v) is 12.5. The fourth-order valence-corrected chi connectivity index (χ4v) is 2.33. The Morgan fingerprint density at radius 2 is 2.11 bits per heavy atom. The van der Waals surface area contributed by atoms with Gasteiger partial charge in [-0.2, -0.15) is 0 Å². The van der Waals surface area contributed by atoms with E-state index in [2.05, 4.69) is 20.9 Å². The van der Waals surface area contributed by atoms with E-state index in [-0.39, 0.29) is 0 Å². The van der Waals surface area contributed by atoms with Gasteiger partial charge in [-0.05, 0) is 41.8 Å². The van der Waals surface area contributed by atoms with E-state index in [0.29, 0.717) is 6.42 Å². The quantitative estimate of drug-likeness (QED) is 0.938. The summed E-state index contributed by atoms with van der Waals surface area (Å²) in [6, 6.07) is 7.69. The van der Waals surface area contributed by atoms with Crippen LogP contribution in [-0.4, -0.2) is 17.2 Å². The minimum Gasteiger partial charge on any atom is -0.497 e. The Morgan fingerprint density at radius 1 is 1.32 bits per heavy atom. The number of nitrogens with zero attached hydrogens (tertiary/aromatic N) is 1. The maximum atomic E-state index is 10.3. The molecule has 0 aliphatic rings. The molecule has 0 aliphatic carbocycles. The molecule has 4 heteroatoms. The number of methoxy groups -OCH3 is 1. The van der Waals surface area contributed by atoms with E-state index in [1.807, 2.05) is 31.2 Å². The van der Waals surface area contributed by atoms with Crippen LogP contribution in [0.5, 0.6) is 5.75 Å². The first-order valence-corrected chi connectivity index (χ1v) is 6.81. The third-order valence-corrected chi connectivity index (χ3v) is 3.72. The number of hydrogen-bond acceptors (Lipinski definition) is 3. The standard InChI is InChI=1S/C15H16BrNO2/c1-10-5-12(9-17-8-10)15(18)7-11-6-13(19-2)3-4-14(11)16/h3-6,8-9,15,18H,7H2,1-2H3. The summed E-state index contributed by atoms with van der Waals surface area (Å²) in [6.45, 7) is 1.96. The maximum Gasteiger partial charge on any atom is 0.119 e. The molecule has 1 aromatic carbocycles. The number of aromatic nitrogens is 1. The molecule has 0 saturated carbocycles. The van der Waals surface area contributed by atoms with Crippen molar-refractivity contribution in [1.82, 2.24) is 4.98 Å². The molecule has 1 heterocycles. The largest absolute Gasteiger partial charge is 0.497 e. The van der Waals surface area contributed by atoms with Crippen molar-refractivity contribution in [1.29, 1.82) is 0 Å². The number of halogens is 1. The molecule has 0 bridgehead atoms. The third kappa shape index (κ3) is 3.55. The lowest BCUT2D eigenvalue weighted by Crippen LogP contribution is -2.03. The monoisotopic (exact) mass is 321 g/mol. The highest BCUT2D eigenvalue weighted by molar-refractivity contribution is 9.10. The van der Waals surface area contributed by atoms with Gasteiger partial charge in [0.15, 0.2) is 0 Å². The van der Waals surface area contributed by atoms with Crippen molar-refractivity contribution in [3.05, 3.63) is 57.8 Å². The Labute approximate surface area is 121 Å². The third-order valence-electron chi connectivity index (χ3n) is 2.95. The van der Waals surface area contributed by atoms with Gasteiger partial charge in [0, 0.05) is 23.3 Å².